The van der Waals surface area contributed by atoms with Crippen LogP contribution in [0.2, 0.25) is 0 Å². The zero-order valence-electron chi connectivity index (χ0n) is 12.9. The third-order valence-corrected chi connectivity index (χ3v) is 3.63. The van der Waals surface area contributed by atoms with Crippen LogP contribution in [0.1, 0.15) is 19.8 Å². The van der Waals surface area contributed by atoms with Crippen LogP contribution in [0.15, 0.2) is 24.3 Å². The predicted octanol–water partition coefficient (Wildman–Crippen LogP) is 1.71. The molecule has 1 aliphatic heterocycles. The Balaban J connectivity index is 0.00000264. The molecule has 1 saturated heterocycles. The molecular weight excluding hydrogens is 323 g/mol. The second-order valence-electron chi connectivity index (χ2n) is 5.49. The maximum Gasteiger partial charge on any atom is 0.319 e. The van der Waals surface area contributed by atoms with Crippen molar-refractivity contribution in [3.8, 4) is 0 Å². The Hall–Kier alpha value is -1.86. The Labute approximate surface area is 141 Å². The van der Waals surface area contributed by atoms with Crippen LogP contribution in [0, 0.1) is 5.82 Å². The van der Waals surface area contributed by atoms with Gasteiger partial charge >= 0.3 is 6.03 Å². The topological polar surface area (TPSA) is 87.5 Å². The molecule has 2 rings (SSSR count). The minimum atomic E-state index is -0.494. The van der Waals surface area contributed by atoms with Gasteiger partial charge in [0.25, 0.3) is 0 Å². The molecule has 1 fully saturated rings. The molecule has 1 heterocycles. The lowest BCUT2D eigenvalue weighted by molar-refractivity contribution is -0.133. The standard InChI is InChI=1S/C15H21FN4O2.ClH/c1-10(17)14(21)20-8-6-13(7-9-20)19-15(22)18-12-4-2-11(16)3-5-12;/h2-5,10,13H,6-9,17H2,1H3,(H2,18,19,22);1H/t10-;/m0./s1. The first-order valence-corrected chi connectivity index (χ1v) is 7.33. The smallest absolute Gasteiger partial charge is 0.319 e. The molecule has 8 heteroatoms. The summed E-state index contributed by atoms with van der Waals surface area (Å²) in [6.07, 6.45) is 1.38. The van der Waals surface area contributed by atoms with Gasteiger partial charge in [0, 0.05) is 24.8 Å². The Morgan fingerprint density at radius 1 is 1.26 bits per heavy atom. The first-order valence-electron chi connectivity index (χ1n) is 7.33. The molecule has 1 aromatic carbocycles. The van der Waals surface area contributed by atoms with Crippen molar-refractivity contribution < 1.29 is 14.0 Å². The molecule has 0 aliphatic carbocycles. The third kappa shape index (κ3) is 5.69. The number of nitrogens with zero attached hydrogens (tertiary/aromatic N) is 1. The number of benzene rings is 1. The Bertz CT molecular complexity index is 531. The summed E-state index contributed by atoms with van der Waals surface area (Å²) < 4.78 is 12.8. The highest BCUT2D eigenvalue weighted by atomic mass is 35.5. The highest BCUT2D eigenvalue weighted by Gasteiger charge is 2.25. The van der Waals surface area contributed by atoms with E-state index in [2.05, 4.69) is 10.6 Å². The first kappa shape index (κ1) is 19.2. The van der Waals surface area contributed by atoms with E-state index in [0.29, 0.717) is 31.6 Å². The molecule has 0 bridgehead atoms. The number of nitrogens with two attached hydrogens (primary N) is 1. The van der Waals surface area contributed by atoms with Gasteiger partial charge in [0.2, 0.25) is 5.91 Å². The number of hydrogen-bond acceptors (Lipinski definition) is 3. The number of carbonyl (C=O) groups excluding carboxylic acids is 2. The van der Waals surface area contributed by atoms with Crippen LogP contribution in [0.25, 0.3) is 0 Å². The number of hydrogen-bond donors (Lipinski definition) is 3. The van der Waals surface area contributed by atoms with E-state index >= 15 is 0 Å². The second kappa shape index (κ2) is 8.69. The normalized spacial score (nSPS) is 16.2. The highest BCUT2D eigenvalue weighted by Crippen LogP contribution is 2.12. The van der Waals surface area contributed by atoms with Crippen molar-refractivity contribution in [1.82, 2.24) is 10.2 Å². The molecule has 128 valence electrons. The third-order valence-electron chi connectivity index (χ3n) is 3.63. The van der Waals surface area contributed by atoms with Crippen molar-refractivity contribution in [2.24, 2.45) is 5.73 Å². The second-order valence-corrected chi connectivity index (χ2v) is 5.49. The number of rotatable bonds is 3. The van der Waals surface area contributed by atoms with E-state index < -0.39 is 6.04 Å². The summed E-state index contributed by atoms with van der Waals surface area (Å²) in [6, 6.07) is 4.76. The summed E-state index contributed by atoms with van der Waals surface area (Å²) in [5.41, 5.74) is 6.11. The van der Waals surface area contributed by atoms with Crippen LogP contribution in [-0.4, -0.2) is 42.0 Å². The summed E-state index contributed by atoms with van der Waals surface area (Å²) in [5.74, 6) is -0.411. The van der Waals surface area contributed by atoms with Crippen LogP contribution < -0.4 is 16.4 Å². The summed E-state index contributed by atoms with van der Waals surface area (Å²) in [6.45, 7) is 2.84. The number of carbonyl (C=O) groups is 2. The fourth-order valence-corrected chi connectivity index (χ4v) is 2.42. The van der Waals surface area contributed by atoms with Gasteiger partial charge in [0.15, 0.2) is 0 Å². The monoisotopic (exact) mass is 344 g/mol. The first-order chi connectivity index (χ1) is 10.5. The number of amides is 3. The van der Waals surface area contributed by atoms with Gasteiger partial charge in [-0.2, -0.15) is 0 Å². The molecular formula is C15H22ClFN4O2. The lowest BCUT2D eigenvalue weighted by Gasteiger charge is -2.33. The molecule has 1 atom stereocenters. The molecule has 1 aromatic rings. The molecule has 0 saturated carbocycles. The van der Waals surface area contributed by atoms with E-state index in [1.807, 2.05) is 0 Å². The van der Waals surface area contributed by atoms with Crippen molar-refractivity contribution in [3.05, 3.63) is 30.1 Å². The van der Waals surface area contributed by atoms with Crippen molar-refractivity contribution in [3.63, 3.8) is 0 Å². The number of piperidine rings is 1. The Kier molecular flexibility index (Phi) is 7.25. The van der Waals surface area contributed by atoms with Crippen LogP contribution in [0.5, 0.6) is 0 Å². The average Bonchev–Trinajstić information content (AvgIpc) is 2.49. The predicted molar refractivity (Wildman–Crippen MR) is 89.1 cm³/mol. The molecule has 1 aliphatic rings. The van der Waals surface area contributed by atoms with Gasteiger partial charge in [-0.25, -0.2) is 9.18 Å². The lowest BCUT2D eigenvalue weighted by Crippen LogP contribution is -2.50. The lowest BCUT2D eigenvalue weighted by atomic mass is 10.0. The van der Waals surface area contributed by atoms with Crippen LogP contribution in [-0.2, 0) is 4.79 Å². The molecule has 6 nitrogen and oxygen atoms in total. The van der Waals surface area contributed by atoms with Crippen molar-refractivity contribution in [1.29, 1.82) is 0 Å². The van der Waals surface area contributed by atoms with Crippen LogP contribution >= 0.6 is 12.4 Å². The van der Waals surface area contributed by atoms with Gasteiger partial charge < -0.3 is 21.3 Å². The molecule has 0 unspecified atom stereocenters. The van der Waals surface area contributed by atoms with Gasteiger partial charge in [-0.05, 0) is 44.0 Å². The van der Waals surface area contributed by atoms with Gasteiger partial charge in [-0.1, -0.05) is 0 Å². The Morgan fingerprint density at radius 2 is 1.83 bits per heavy atom. The number of likely N-dealkylation sites (tertiary alicyclic amines) is 1. The Morgan fingerprint density at radius 3 is 2.35 bits per heavy atom. The van der Waals surface area contributed by atoms with Gasteiger partial charge in [0.05, 0.1) is 6.04 Å². The van der Waals surface area contributed by atoms with E-state index in [0.717, 1.165) is 0 Å². The molecule has 3 amide bonds. The van der Waals surface area contributed by atoms with E-state index in [9.17, 15) is 14.0 Å². The molecule has 0 spiro atoms. The van der Waals surface area contributed by atoms with E-state index in [1.165, 1.54) is 24.3 Å². The number of nitrogens with one attached hydrogen (secondary N) is 2. The summed E-state index contributed by atoms with van der Waals surface area (Å²) in [5, 5.41) is 5.51. The maximum absolute atomic E-state index is 12.8. The molecule has 0 aromatic heterocycles. The number of halogens is 2. The van der Waals surface area contributed by atoms with Gasteiger partial charge in [-0.15, -0.1) is 12.4 Å². The van der Waals surface area contributed by atoms with Gasteiger partial charge in [-0.3, -0.25) is 4.79 Å². The van der Waals surface area contributed by atoms with Crippen molar-refractivity contribution in [2.45, 2.75) is 31.8 Å². The number of urea groups is 1. The summed E-state index contributed by atoms with van der Waals surface area (Å²) >= 11 is 0. The largest absolute Gasteiger partial charge is 0.341 e. The van der Waals surface area contributed by atoms with Crippen LogP contribution in [0.3, 0.4) is 0 Å². The summed E-state index contributed by atoms with van der Waals surface area (Å²) in [7, 11) is 0. The number of anilines is 1. The van der Waals surface area contributed by atoms with E-state index in [4.69, 9.17) is 5.73 Å². The summed E-state index contributed by atoms with van der Waals surface area (Å²) in [4.78, 5) is 25.4. The fraction of sp³-hybridized carbons (Fsp3) is 0.467. The van der Waals surface area contributed by atoms with Crippen molar-refractivity contribution in [2.75, 3.05) is 18.4 Å². The average molecular weight is 345 g/mol. The molecule has 0 radical (unpaired) electrons. The maximum atomic E-state index is 12.8. The van der Waals surface area contributed by atoms with Crippen LogP contribution in [0.4, 0.5) is 14.9 Å². The highest BCUT2D eigenvalue weighted by molar-refractivity contribution is 5.89. The van der Waals surface area contributed by atoms with E-state index in [-0.39, 0.29) is 36.2 Å². The van der Waals surface area contributed by atoms with Crippen molar-refractivity contribution >= 4 is 30.0 Å². The van der Waals surface area contributed by atoms with E-state index in [1.54, 1.807) is 11.8 Å². The molecule has 23 heavy (non-hydrogen) atoms. The van der Waals surface area contributed by atoms with Gasteiger partial charge in [0.1, 0.15) is 5.82 Å². The zero-order chi connectivity index (χ0) is 16.1. The minimum Gasteiger partial charge on any atom is -0.341 e. The SMILES string of the molecule is C[C@H](N)C(=O)N1CCC(NC(=O)Nc2ccc(F)cc2)CC1.Cl. The molecule has 4 N–H and O–H groups in total. The quantitative estimate of drug-likeness (QED) is 0.780. The zero-order valence-corrected chi connectivity index (χ0v) is 13.7. The minimum absolute atomic E-state index is 0. The fourth-order valence-electron chi connectivity index (χ4n) is 2.42.